The van der Waals surface area contributed by atoms with E-state index in [1.54, 1.807) is 39.6 Å². The van der Waals surface area contributed by atoms with Gasteiger partial charge in [-0.05, 0) is 49.4 Å². The molecular formula is C29H25N8O4S-. The number of aromatic nitrogens is 6. The van der Waals surface area contributed by atoms with E-state index < -0.39 is 17.3 Å². The molecule has 0 radical (unpaired) electrons. The number of rotatable bonds is 8. The summed E-state index contributed by atoms with van der Waals surface area (Å²) in [7, 11) is 1.51. The van der Waals surface area contributed by atoms with Crippen LogP contribution in [-0.4, -0.2) is 45.2 Å². The lowest BCUT2D eigenvalue weighted by Crippen LogP contribution is -2.27. The molecule has 42 heavy (non-hydrogen) atoms. The second-order valence-electron chi connectivity index (χ2n) is 9.47. The molecule has 0 bridgehead atoms. The zero-order chi connectivity index (χ0) is 29.4. The van der Waals surface area contributed by atoms with Crippen molar-refractivity contribution in [2.45, 2.75) is 19.5 Å². The molecule has 0 saturated heterocycles. The average Bonchev–Trinajstić information content (AvgIpc) is 3.41. The van der Waals surface area contributed by atoms with E-state index in [4.69, 9.17) is 20.6 Å². The van der Waals surface area contributed by atoms with Crippen LogP contribution < -0.4 is 20.8 Å². The van der Waals surface area contributed by atoms with Crippen molar-refractivity contribution in [1.29, 1.82) is 0 Å². The maximum atomic E-state index is 13.8. The van der Waals surface area contributed by atoms with Crippen molar-refractivity contribution in [2.24, 2.45) is 0 Å². The summed E-state index contributed by atoms with van der Waals surface area (Å²) >= 11 is -2.46. The minimum Gasteiger partial charge on any atom is -0.760 e. The molecule has 6 rings (SSSR count). The van der Waals surface area contributed by atoms with E-state index in [1.807, 2.05) is 49.4 Å². The van der Waals surface area contributed by atoms with E-state index >= 15 is 0 Å². The van der Waals surface area contributed by atoms with Gasteiger partial charge in [0.1, 0.15) is 35.5 Å². The molecule has 2 atom stereocenters. The van der Waals surface area contributed by atoms with Crippen LogP contribution in [0.3, 0.4) is 0 Å². The highest BCUT2D eigenvalue weighted by Crippen LogP contribution is 2.35. The van der Waals surface area contributed by atoms with Crippen LogP contribution in [0.2, 0.25) is 0 Å². The highest BCUT2D eigenvalue weighted by Gasteiger charge is 2.25. The van der Waals surface area contributed by atoms with E-state index in [1.165, 1.54) is 13.4 Å². The van der Waals surface area contributed by atoms with Crippen molar-refractivity contribution in [3.8, 4) is 22.7 Å². The number of benzene rings is 3. The molecule has 0 spiro atoms. The first-order valence-corrected chi connectivity index (χ1v) is 14.0. The summed E-state index contributed by atoms with van der Waals surface area (Å²) < 4.78 is 33.4. The van der Waals surface area contributed by atoms with E-state index in [-0.39, 0.29) is 17.9 Å². The number of methoxy groups -OCH3 is 1. The molecule has 0 aliphatic rings. The van der Waals surface area contributed by atoms with Gasteiger partial charge in [-0.1, -0.05) is 30.3 Å². The van der Waals surface area contributed by atoms with E-state index in [0.717, 1.165) is 0 Å². The highest BCUT2D eigenvalue weighted by atomic mass is 32.2. The fourth-order valence-electron chi connectivity index (χ4n) is 5.03. The van der Waals surface area contributed by atoms with Crippen molar-refractivity contribution < 1.29 is 13.5 Å². The number of hydrogen-bond acceptors (Lipinski definition) is 9. The van der Waals surface area contributed by atoms with Crippen molar-refractivity contribution in [3.05, 3.63) is 101 Å². The van der Waals surface area contributed by atoms with E-state index in [9.17, 15) is 13.6 Å². The number of hydrogen-bond donors (Lipinski definition) is 2. The third-order valence-electron chi connectivity index (χ3n) is 7.01. The third kappa shape index (κ3) is 4.79. The molecule has 3 aromatic heterocycles. The Balaban J connectivity index is 1.57. The minimum atomic E-state index is -2.46. The first-order chi connectivity index (χ1) is 20.4. The van der Waals surface area contributed by atoms with Crippen molar-refractivity contribution in [2.75, 3.05) is 12.8 Å². The van der Waals surface area contributed by atoms with Gasteiger partial charge in [0, 0.05) is 28.9 Å². The molecule has 0 amide bonds. The molecule has 0 aliphatic heterocycles. The normalized spacial score (nSPS) is 12.9. The quantitative estimate of drug-likeness (QED) is 0.257. The van der Waals surface area contributed by atoms with Gasteiger partial charge in [-0.15, -0.1) is 0 Å². The lowest BCUT2D eigenvalue weighted by Gasteiger charge is -2.19. The smallest absolute Gasteiger partial charge is 0.266 e. The summed E-state index contributed by atoms with van der Waals surface area (Å²) in [6.07, 6.45) is 1.36. The molecule has 3 N–H and O–H groups in total. The van der Waals surface area contributed by atoms with Gasteiger partial charge >= 0.3 is 0 Å². The Morgan fingerprint density at radius 1 is 1.07 bits per heavy atom. The summed E-state index contributed by atoms with van der Waals surface area (Å²) in [6.45, 7) is 1.90. The first kappa shape index (κ1) is 27.2. The van der Waals surface area contributed by atoms with Gasteiger partial charge in [0.15, 0.2) is 5.65 Å². The topological polar surface area (TPSA) is 166 Å². The number of nitrogen functional groups attached to an aromatic ring is 1. The van der Waals surface area contributed by atoms with Gasteiger partial charge in [-0.3, -0.25) is 13.6 Å². The third-order valence-corrected chi connectivity index (χ3v) is 7.39. The van der Waals surface area contributed by atoms with Crippen molar-refractivity contribution in [3.63, 3.8) is 0 Å². The Bertz CT molecular complexity index is 2030. The number of nitrogens with one attached hydrogen (secondary N) is 1. The largest absolute Gasteiger partial charge is 0.760 e. The van der Waals surface area contributed by atoms with Crippen LogP contribution in [0.5, 0.6) is 5.75 Å². The molecule has 0 aliphatic carbocycles. The predicted molar refractivity (Wildman–Crippen MR) is 159 cm³/mol. The molecule has 12 nitrogen and oxygen atoms in total. The second kappa shape index (κ2) is 11.1. The summed E-state index contributed by atoms with van der Waals surface area (Å²) in [5.41, 5.74) is 9.56. The fourth-order valence-corrected chi connectivity index (χ4v) is 5.31. The molecule has 6 aromatic rings. The molecular weight excluding hydrogens is 556 g/mol. The van der Waals surface area contributed by atoms with Crippen LogP contribution in [0.15, 0.2) is 83.9 Å². The molecule has 0 saturated carbocycles. The van der Waals surface area contributed by atoms with Crippen molar-refractivity contribution >= 4 is 39.0 Å². The molecule has 2 unspecified atom stereocenters. The summed E-state index contributed by atoms with van der Waals surface area (Å²) in [5, 5.41) is 5.93. The van der Waals surface area contributed by atoms with Crippen LogP contribution in [-0.2, 0) is 17.8 Å². The lowest BCUT2D eigenvalue weighted by atomic mass is 10.1. The summed E-state index contributed by atoms with van der Waals surface area (Å²) in [5.74, 6) is 1.18. The number of nitrogens with zero attached hydrogens (tertiary/aromatic N) is 6. The summed E-state index contributed by atoms with van der Waals surface area (Å²) in [4.78, 5) is 27.5. The Hall–Kier alpha value is -4.98. The highest BCUT2D eigenvalue weighted by molar-refractivity contribution is 7.77. The van der Waals surface area contributed by atoms with Crippen LogP contribution in [0, 0.1) is 0 Å². The van der Waals surface area contributed by atoms with Gasteiger partial charge in [-0.25, -0.2) is 24.4 Å². The minimum absolute atomic E-state index is 0.0124. The van der Waals surface area contributed by atoms with Gasteiger partial charge in [0.25, 0.3) is 5.56 Å². The standard InChI is InChI=1S/C29H26N8O4S/c1-17(27-34-22-11-7-6-10-21(22)29(38)36(27)20-8-4-3-5-9-20)37-28-24(26(30)31-16-32-28)25(35-37)18-12-13-23(41-2)19(14-18)15-33-42(39)40/h3-14,16-17,33H,15H2,1-2H3,(H,39,40)(H2,30,31,32)/p-1. The fraction of sp³-hybridized carbons (Fsp3) is 0.138. The Morgan fingerprint density at radius 2 is 1.83 bits per heavy atom. The van der Waals surface area contributed by atoms with Crippen LogP contribution in [0.25, 0.3) is 38.9 Å². The molecule has 212 valence electrons. The zero-order valence-corrected chi connectivity index (χ0v) is 23.4. The van der Waals surface area contributed by atoms with Crippen molar-refractivity contribution in [1.82, 2.24) is 34.0 Å². The Kier molecular flexibility index (Phi) is 7.20. The SMILES string of the molecule is COc1ccc(-c2nn(C(C)c3nc4ccccc4c(=O)n3-c3ccccc3)c3ncnc(N)c23)cc1CNS(=O)[O-]. The van der Waals surface area contributed by atoms with Crippen LogP contribution in [0.4, 0.5) is 5.82 Å². The number of anilines is 1. The molecule has 3 heterocycles. The zero-order valence-electron chi connectivity index (χ0n) is 22.6. The van der Waals surface area contributed by atoms with Gasteiger partial charge in [-0.2, -0.15) is 5.10 Å². The Morgan fingerprint density at radius 3 is 2.60 bits per heavy atom. The van der Waals surface area contributed by atoms with Gasteiger partial charge < -0.3 is 15.0 Å². The number of nitrogens with two attached hydrogens (primary N) is 1. The summed E-state index contributed by atoms with van der Waals surface area (Å²) in [6, 6.07) is 21.2. The molecule has 0 fully saturated rings. The number of ether oxygens (including phenoxy) is 1. The first-order valence-electron chi connectivity index (χ1n) is 12.9. The monoisotopic (exact) mass is 581 g/mol. The molecule has 13 heteroatoms. The average molecular weight is 582 g/mol. The van der Waals surface area contributed by atoms with Gasteiger partial charge in [0.2, 0.25) is 0 Å². The van der Waals surface area contributed by atoms with Crippen LogP contribution in [0.1, 0.15) is 24.4 Å². The molecule has 3 aromatic carbocycles. The lowest BCUT2D eigenvalue weighted by molar-refractivity contribution is 0.409. The van der Waals surface area contributed by atoms with E-state index in [0.29, 0.717) is 56.0 Å². The maximum absolute atomic E-state index is 13.8. The van der Waals surface area contributed by atoms with Crippen LogP contribution >= 0.6 is 0 Å². The predicted octanol–water partition coefficient (Wildman–Crippen LogP) is 3.28. The second-order valence-corrected chi connectivity index (χ2v) is 10.2. The number of para-hydroxylation sites is 2. The van der Waals surface area contributed by atoms with Gasteiger partial charge in [0.05, 0.1) is 29.1 Å². The van der Waals surface area contributed by atoms with E-state index in [2.05, 4.69) is 14.7 Å². The number of fused-ring (bicyclic) bond motifs is 2. The Labute approximate surface area is 242 Å². The maximum Gasteiger partial charge on any atom is 0.266 e.